The van der Waals surface area contributed by atoms with Gasteiger partial charge in [-0.05, 0) is 42.5 Å². The van der Waals surface area contributed by atoms with Gasteiger partial charge < -0.3 is 11.1 Å². The molecular formula is C16H23ClF2N2O. The molecule has 0 aliphatic heterocycles. The Morgan fingerprint density at radius 2 is 1.86 bits per heavy atom. The number of carbonyl (C=O) groups is 1. The highest BCUT2D eigenvalue weighted by Gasteiger charge is 2.32. The summed E-state index contributed by atoms with van der Waals surface area (Å²) in [6.07, 6.45) is 5.83. The van der Waals surface area contributed by atoms with Crippen molar-refractivity contribution in [1.82, 2.24) is 5.32 Å². The molecule has 1 aliphatic carbocycles. The van der Waals surface area contributed by atoms with E-state index in [1.54, 1.807) is 0 Å². The number of rotatable bonds is 5. The Hall–Kier alpha value is -1.20. The van der Waals surface area contributed by atoms with E-state index in [0.717, 1.165) is 37.8 Å². The summed E-state index contributed by atoms with van der Waals surface area (Å²) in [7, 11) is 0. The highest BCUT2D eigenvalue weighted by Crippen LogP contribution is 2.38. The van der Waals surface area contributed by atoms with E-state index < -0.39 is 11.6 Å². The molecule has 1 saturated carbocycles. The Morgan fingerprint density at radius 1 is 1.18 bits per heavy atom. The lowest BCUT2D eigenvalue weighted by Crippen LogP contribution is -2.38. The van der Waals surface area contributed by atoms with Crippen molar-refractivity contribution >= 4 is 18.3 Å². The van der Waals surface area contributed by atoms with E-state index in [1.165, 1.54) is 12.5 Å². The largest absolute Gasteiger partial charge is 0.352 e. The molecule has 1 aromatic carbocycles. The second-order valence-electron chi connectivity index (χ2n) is 5.97. The first-order valence-electron chi connectivity index (χ1n) is 7.45. The van der Waals surface area contributed by atoms with E-state index in [9.17, 15) is 13.6 Å². The van der Waals surface area contributed by atoms with Crippen LogP contribution in [0.1, 0.15) is 44.1 Å². The van der Waals surface area contributed by atoms with Gasteiger partial charge in [0.2, 0.25) is 5.91 Å². The maximum atomic E-state index is 13.1. The zero-order valence-corrected chi connectivity index (χ0v) is 13.4. The second kappa shape index (κ2) is 8.44. The van der Waals surface area contributed by atoms with Gasteiger partial charge in [0.15, 0.2) is 11.6 Å². The molecule has 0 atom stereocenters. The first-order chi connectivity index (χ1) is 10.0. The van der Waals surface area contributed by atoms with E-state index in [1.807, 2.05) is 0 Å². The van der Waals surface area contributed by atoms with Crippen LogP contribution in [0.5, 0.6) is 0 Å². The maximum Gasteiger partial charge on any atom is 0.220 e. The summed E-state index contributed by atoms with van der Waals surface area (Å²) in [4.78, 5) is 12.1. The maximum absolute atomic E-state index is 13.1. The third-order valence-electron chi connectivity index (χ3n) is 4.36. The van der Waals surface area contributed by atoms with Crippen LogP contribution < -0.4 is 11.1 Å². The first kappa shape index (κ1) is 18.8. The molecule has 0 aromatic heterocycles. The van der Waals surface area contributed by atoms with Crippen molar-refractivity contribution in [3.8, 4) is 0 Å². The van der Waals surface area contributed by atoms with Crippen molar-refractivity contribution in [2.75, 3.05) is 6.54 Å². The fraction of sp³-hybridized carbons (Fsp3) is 0.562. The number of hydrogen-bond acceptors (Lipinski definition) is 2. The van der Waals surface area contributed by atoms with Crippen LogP contribution in [0.15, 0.2) is 18.2 Å². The normalized spacial score (nSPS) is 16.7. The molecule has 2 rings (SSSR count). The van der Waals surface area contributed by atoms with E-state index in [-0.39, 0.29) is 30.3 Å². The molecule has 3 nitrogen and oxygen atoms in total. The molecule has 0 radical (unpaired) electrons. The molecular weight excluding hydrogens is 310 g/mol. The molecule has 6 heteroatoms. The molecule has 0 heterocycles. The van der Waals surface area contributed by atoms with Crippen molar-refractivity contribution in [3.63, 3.8) is 0 Å². The summed E-state index contributed by atoms with van der Waals surface area (Å²) in [5.74, 6) is -1.85. The van der Waals surface area contributed by atoms with Crippen LogP contribution in [0.4, 0.5) is 8.78 Å². The Kier molecular flexibility index (Phi) is 7.23. The van der Waals surface area contributed by atoms with E-state index in [0.29, 0.717) is 18.5 Å². The Balaban J connectivity index is 0.00000242. The van der Waals surface area contributed by atoms with Gasteiger partial charge >= 0.3 is 0 Å². The molecule has 22 heavy (non-hydrogen) atoms. The number of nitrogens with one attached hydrogen (secondary N) is 1. The summed E-state index contributed by atoms with van der Waals surface area (Å²) in [5.41, 5.74) is 6.32. The fourth-order valence-electron chi connectivity index (χ4n) is 3.01. The van der Waals surface area contributed by atoms with Crippen molar-refractivity contribution in [3.05, 3.63) is 35.4 Å². The number of carbonyl (C=O) groups excluding carboxylic acids is 1. The minimum absolute atomic E-state index is 0. The third kappa shape index (κ3) is 4.92. The zero-order valence-electron chi connectivity index (χ0n) is 12.5. The first-order valence-corrected chi connectivity index (χ1v) is 7.45. The minimum Gasteiger partial charge on any atom is -0.352 e. The van der Waals surface area contributed by atoms with Crippen LogP contribution in [-0.2, 0) is 11.3 Å². The highest BCUT2D eigenvalue weighted by atomic mass is 35.5. The summed E-state index contributed by atoms with van der Waals surface area (Å²) in [6, 6.07) is 3.65. The van der Waals surface area contributed by atoms with E-state index in [2.05, 4.69) is 5.32 Å². The number of nitrogens with two attached hydrogens (primary N) is 1. The molecule has 0 spiro atoms. The van der Waals surface area contributed by atoms with Gasteiger partial charge in [-0.1, -0.05) is 25.3 Å². The highest BCUT2D eigenvalue weighted by molar-refractivity contribution is 5.85. The Bertz CT molecular complexity index is 505. The summed E-state index contributed by atoms with van der Waals surface area (Å²) >= 11 is 0. The molecule has 1 aliphatic rings. The van der Waals surface area contributed by atoms with Crippen molar-refractivity contribution < 1.29 is 13.6 Å². The minimum atomic E-state index is -0.896. The second-order valence-corrected chi connectivity index (χ2v) is 5.97. The standard InChI is InChI=1S/C16H22F2N2O.ClH/c17-13-5-4-12(8-14(13)18)10-20-15(21)9-16(11-19)6-2-1-3-7-16;/h4-5,8H,1-3,6-7,9-11,19H2,(H,20,21);1H. The third-order valence-corrected chi connectivity index (χ3v) is 4.36. The van der Waals surface area contributed by atoms with Crippen LogP contribution in [0.2, 0.25) is 0 Å². The van der Waals surface area contributed by atoms with E-state index in [4.69, 9.17) is 5.73 Å². The van der Waals surface area contributed by atoms with Gasteiger partial charge in [0, 0.05) is 13.0 Å². The van der Waals surface area contributed by atoms with Gasteiger partial charge in [0.25, 0.3) is 0 Å². The number of halogens is 3. The van der Waals surface area contributed by atoms with Crippen molar-refractivity contribution in [1.29, 1.82) is 0 Å². The molecule has 1 fully saturated rings. The number of hydrogen-bond donors (Lipinski definition) is 2. The Morgan fingerprint density at radius 3 is 2.45 bits per heavy atom. The van der Waals surface area contributed by atoms with Gasteiger partial charge in [-0.15, -0.1) is 12.4 Å². The summed E-state index contributed by atoms with van der Waals surface area (Å²) in [6.45, 7) is 0.724. The molecule has 3 N–H and O–H groups in total. The van der Waals surface area contributed by atoms with Gasteiger partial charge in [-0.3, -0.25) is 4.79 Å². The average molecular weight is 333 g/mol. The summed E-state index contributed by atoms with van der Waals surface area (Å²) < 4.78 is 25.9. The fourth-order valence-corrected chi connectivity index (χ4v) is 3.01. The Labute approximate surface area is 136 Å². The van der Waals surface area contributed by atoms with Gasteiger partial charge in [0.1, 0.15) is 0 Å². The van der Waals surface area contributed by atoms with Crippen LogP contribution in [0, 0.1) is 17.0 Å². The molecule has 1 aromatic rings. The van der Waals surface area contributed by atoms with Crippen LogP contribution in [0.3, 0.4) is 0 Å². The molecule has 0 unspecified atom stereocenters. The monoisotopic (exact) mass is 332 g/mol. The van der Waals surface area contributed by atoms with E-state index >= 15 is 0 Å². The predicted octanol–water partition coefficient (Wildman–Crippen LogP) is 3.30. The van der Waals surface area contributed by atoms with Gasteiger partial charge in [-0.2, -0.15) is 0 Å². The molecule has 0 bridgehead atoms. The van der Waals surface area contributed by atoms with Crippen LogP contribution in [-0.4, -0.2) is 12.5 Å². The number of benzene rings is 1. The lowest BCUT2D eigenvalue weighted by atomic mass is 9.71. The molecule has 1 amide bonds. The topological polar surface area (TPSA) is 55.1 Å². The van der Waals surface area contributed by atoms with Crippen molar-refractivity contribution in [2.45, 2.75) is 45.1 Å². The smallest absolute Gasteiger partial charge is 0.220 e. The summed E-state index contributed by atoms with van der Waals surface area (Å²) in [5, 5.41) is 2.77. The van der Waals surface area contributed by atoms with Gasteiger partial charge in [0.05, 0.1) is 0 Å². The lowest BCUT2D eigenvalue weighted by Gasteiger charge is -2.35. The molecule has 124 valence electrons. The molecule has 0 saturated heterocycles. The van der Waals surface area contributed by atoms with Crippen LogP contribution in [0.25, 0.3) is 0 Å². The lowest BCUT2D eigenvalue weighted by molar-refractivity contribution is -0.124. The zero-order chi connectivity index (χ0) is 15.3. The van der Waals surface area contributed by atoms with Gasteiger partial charge in [-0.25, -0.2) is 8.78 Å². The predicted molar refractivity (Wildman–Crippen MR) is 84.6 cm³/mol. The van der Waals surface area contributed by atoms with Crippen LogP contribution >= 0.6 is 12.4 Å². The van der Waals surface area contributed by atoms with Crippen molar-refractivity contribution in [2.24, 2.45) is 11.1 Å². The SMILES string of the molecule is Cl.NCC1(CC(=O)NCc2ccc(F)c(F)c2)CCCCC1. The number of amides is 1. The average Bonchev–Trinajstić information content (AvgIpc) is 2.49. The quantitative estimate of drug-likeness (QED) is 0.869.